The Kier molecular flexibility index (Phi) is 3.36. The average Bonchev–Trinajstić information content (AvgIpc) is 2.68. The fourth-order valence-corrected chi connectivity index (χ4v) is 2.24. The summed E-state index contributed by atoms with van der Waals surface area (Å²) >= 11 is 0. The Morgan fingerprint density at radius 3 is 2.72 bits per heavy atom. The van der Waals surface area contributed by atoms with E-state index in [1.165, 1.54) is 0 Å². The predicted molar refractivity (Wildman–Crippen MR) is 71.1 cm³/mol. The lowest BCUT2D eigenvalue weighted by atomic mass is 10.2. The quantitative estimate of drug-likeness (QED) is 0.900. The first-order valence-electron chi connectivity index (χ1n) is 6.28. The van der Waals surface area contributed by atoms with Gasteiger partial charge in [0.15, 0.2) is 0 Å². The summed E-state index contributed by atoms with van der Waals surface area (Å²) in [4.78, 5) is 15.7. The number of carbonyl (C=O) groups is 1. The molecule has 0 atom stereocenters. The molecule has 1 heterocycles. The molecule has 0 saturated heterocycles. The Balaban J connectivity index is 2.75. The number of para-hydroxylation sites is 1. The standard InChI is InChI=1S/C14H18N2O2/c1-4-8-16-11-7-5-6-10(14(17)18)12(11)15-13(16)9(2)3/h5-7,9H,4,8H2,1-3H3,(H,17,18). The maximum atomic E-state index is 11.2. The number of aromatic nitrogens is 2. The lowest BCUT2D eigenvalue weighted by Gasteiger charge is -2.09. The highest BCUT2D eigenvalue weighted by Gasteiger charge is 2.17. The summed E-state index contributed by atoms with van der Waals surface area (Å²) < 4.78 is 2.13. The first-order valence-corrected chi connectivity index (χ1v) is 6.28. The molecule has 2 aromatic rings. The largest absolute Gasteiger partial charge is 0.478 e. The topological polar surface area (TPSA) is 55.1 Å². The Labute approximate surface area is 106 Å². The van der Waals surface area contributed by atoms with Crippen molar-refractivity contribution in [1.29, 1.82) is 0 Å². The van der Waals surface area contributed by atoms with Gasteiger partial charge >= 0.3 is 5.97 Å². The van der Waals surface area contributed by atoms with Crippen LogP contribution in [0.1, 0.15) is 49.3 Å². The third-order valence-corrected chi connectivity index (χ3v) is 3.00. The number of rotatable bonds is 4. The number of hydrogen-bond acceptors (Lipinski definition) is 2. The molecule has 2 rings (SSSR count). The molecule has 0 aliphatic rings. The highest BCUT2D eigenvalue weighted by atomic mass is 16.4. The normalized spacial score (nSPS) is 11.3. The summed E-state index contributed by atoms with van der Waals surface area (Å²) in [6, 6.07) is 5.33. The zero-order valence-electron chi connectivity index (χ0n) is 11.0. The van der Waals surface area contributed by atoms with Gasteiger partial charge in [0, 0.05) is 12.5 Å². The number of benzene rings is 1. The van der Waals surface area contributed by atoms with Crippen molar-refractivity contribution >= 4 is 17.0 Å². The van der Waals surface area contributed by atoms with Gasteiger partial charge in [-0.1, -0.05) is 26.8 Å². The Morgan fingerprint density at radius 1 is 1.44 bits per heavy atom. The van der Waals surface area contributed by atoms with Gasteiger partial charge < -0.3 is 9.67 Å². The van der Waals surface area contributed by atoms with E-state index in [2.05, 4.69) is 30.3 Å². The van der Waals surface area contributed by atoms with E-state index in [9.17, 15) is 9.90 Å². The predicted octanol–water partition coefficient (Wildman–Crippen LogP) is 3.27. The van der Waals surface area contributed by atoms with Crippen LogP contribution in [0.2, 0.25) is 0 Å². The van der Waals surface area contributed by atoms with Gasteiger partial charge in [0.05, 0.1) is 11.1 Å². The van der Waals surface area contributed by atoms with Crippen molar-refractivity contribution in [3.63, 3.8) is 0 Å². The smallest absolute Gasteiger partial charge is 0.337 e. The second-order valence-electron chi connectivity index (χ2n) is 4.75. The minimum atomic E-state index is -0.919. The summed E-state index contributed by atoms with van der Waals surface area (Å²) in [7, 11) is 0. The number of aryl methyl sites for hydroxylation is 1. The SMILES string of the molecule is CCCn1c(C(C)C)nc2c(C(=O)O)cccc21. The van der Waals surface area contributed by atoms with Crippen LogP contribution in [-0.4, -0.2) is 20.6 Å². The number of aromatic carboxylic acids is 1. The molecule has 96 valence electrons. The molecule has 0 fully saturated rings. The zero-order valence-corrected chi connectivity index (χ0v) is 11.0. The van der Waals surface area contributed by atoms with Crippen LogP contribution in [0.3, 0.4) is 0 Å². The van der Waals surface area contributed by atoms with E-state index >= 15 is 0 Å². The van der Waals surface area contributed by atoms with Crippen molar-refractivity contribution in [2.45, 2.75) is 39.7 Å². The molecule has 0 unspecified atom stereocenters. The van der Waals surface area contributed by atoms with Crippen molar-refractivity contribution < 1.29 is 9.90 Å². The highest BCUT2D eigenvalue weighted by molar-refractivity contribution is 6.01. The maximum Gasteiger partial charge on any atom is 0.337 e. The molecule has 0 bridgehead atoms. The molecule has 18 heavy (non-hydrogen) atoms. The first-order chi connectivity index (χ1) is 8.56. The molecule has 1 aromatic carbocycles. The van der Waals surface area contributed by atoms with Gasteiger partial charge in [0.1, 0.15) is 11.3 Å². The second kappa shape index (κ2) is 4.80. The van der Waals surface area contributed by atoms with Crippen LogP contribution in [0.5, 0.6) is 0 Å². The zero-order chi connectivity index (χ0) is 13.3. The fourth-order valence-electron chi connectivity index (χ4n) is 2.24. The molecule has 4 heteroatoms. The Morgan fingerprint density at radius 2 is 2.17 bits per heavy atom. The van der Waals surface area contributed by atoms with Crippen LogP contribution in [0.4, 0.5) is 0 Å². The van der Waals surface area contributed by atoms with Crippen LogP contribution in [-0.2, 0) is 6.54 Å². The number of fused-ring (bicyclic) bond motifs is 1. The fraction of sp³-hybridized carbons (Fsp3) is 0.429. The molecule has 4 nitrogen and oxygen atoms in total. The van der Waals surface area contributed by atoms with Crippen LogP contribution in [0.25, 0.3) is 11.0 Å². The average molecular weight is 246 g/mol. The van der Waals surface area contributed by atoms with E-state index < -0.39 is 5.97 Å². The summed E-state index contributed by atoms with van der Waals surface area (Å²) in [6.07, 6.45) is 1.00. The third-order valence-electron chi connectivity index (χ3n) is 3.00. The van der Waals surface area contributed by atoms with Gasteiger partial charge in [-0.15, -0.1) is 0 Å². The van der Waals surface area contributed by atoms with Crippen molar-refractivity contribution in [2.75, 3.05) is 0 Å². The van der Waals surface area contributed by atoms with Crippen molar-refractivity contribution in [1.82, 2.24) is 9.55 Å². The molecule has 0 saturated carbocycles. The summed E-state index contributed by atoms with van der Waals surface area (Å²) in [5.74, 6) is 0.322. The van der Waals surface area contributed by atoms with Gasteiger partial charge in [-0.25, -0.2) is 9.78 Å². The Bertz CT molecular complexity index is 585. The molecule has 0 radical (unpaired) electrons. The third kappa shape index (κ3) is 1.98. The maximum absolute atomic E-state index is 11.2. The van der Waals surface area contributed by atoms with Gasteiger partial charge in [0.2, 0.25) is 0 Å². The first kappa shape index (κ1) is 12.6. The van der Waals surface area contributed by atoms with Gasteiger partial charge in [-0.2, -0.15) is 0 Å². The minimum Gasteiger partial charge on any atom is -0.478 e. The molecule has 1 N–H and O–H groups in total. The van der Waals surface area contributed by atoms with E-state index in [4.69, 9.17) is 0 Å². The molecular weight excluding hydrogens is 228 g/mol. The monoisotopic (exact) mass is 246 g/mol. The highest BCUT2D eigenvalue weighted by Crippen LogP contribution is 2.24. The van der Waals surface area contributed by atoms with E-state index in [1.807, 2.05) is 6.07 Å². The lowest BCUT2D eigenvalue weighted by molar-refractivity contribution is 0.0699. The summed E-state index contributed by atoms with van der Waals surface area (Å²) in [6.45, 7) is 7.13. The Hall–Kier alpha value is -1.84. The van der Waals surface area contributed by atoms with E-state index in [0.717, 1.165) is 24.3 Å². The molecular formula is C14H18N2O2. The molecule has 0 amide bonds. The van der Waals surface area contributed by atoms with Crippen molar-refractivity contribution in [3.05, 3.63) is 29.6 Å². The van der Waals surface area contributed by atoms with Crippen LogP contribution >= 0.6 is 0 Å². The minimum absolute atomic E-state index is 0.282. The number of hydrogen-bond donors (Lipinski definition) is 1. The number of imidazole rings is 1. The van der Waals surface area contributed by atoms with E-state index in [1.54, 1.807) is 12.1 Å². The van der Waals surface area contributed by atoms with E-state index in [-0.39, 0.29) is 11.5 Å². The van der Waals surface area contributed by atoms with Gasteiger partial charge in [-0.05, 0) is 18.6 Å². The molecule has 0 aliphatic heterocycles. The van der Waals surface area contributed by atoms with Crippen LogP contribution in [0.15, 0.2) is 18.2 Å². The van der Waals surface area contributed by atoms with Crippen molar-refractivity contribution in [3.8, 4) is 0 Å². The van der Waals surface area contributed by atoms with Crippen LogP contribution < -0.4 is 0 Å². The lowest BCUT2D eigenvalue weighted by Crippen LogP contribution is -2.04. The summed E-state index contributed by atoms with van der Waals surface area (Å²) in [5, 5.41) is 9.20. The molecule has 0 spiro atoms. The van der Waals surface area contributed by atoms with Crippen molar-refractivity contribution in [2.24, 2.45) is 0 Å². The molecule has 0 aliphatic carbocycles. The van der Waals surface area contributed by atoms with Gasteiger partial charge in [-0.3, -0.25) is 0 Å². The number of carboxylic acid groups (broad SMARTS) is 1. The van der Waals surface area contributed by atoms with Gasteiger partial charge in [0.25, 0.3) is 0 Å². The number of carboxylic acids is 1. The molecule has 1 aromatic heterocycles. The summed E-state index contributed by atoms with van der Waals surface area (Å²) in [5.41, 5.74) is 1.80. The number of nitrogens with zero attached hydrogens (tertiary/aromatic N) is 2. The van der Waals surface area contributed by atoms with E-state index in [0.29, 0.717) is 5.52 Å². The second-order valence-corrected chi connectivity index (χ2v) is 4.75. The van der Waals surface area contributed by atoms with Crippen LogP contribution in [0, 0.1) is 0 Å².